The number of aromatic hydroxyl groups is 1. The van der Waals surface area contributed by atoms with Gasteiger partial charge in [-0.2, -0.15) is 4.98 Å². The van der Waals surface area contributed by atoms with E-state index >= 15 is 0 Å². The van der Waals surface area contributed by atoms with Crippen LogP contribution in [-0.4, -0.2) is 27.8 Å². The maximum atomic E-state index is 11.8. The molecule has 0 aliphatic carbocycles. The van der Waals surface area contributed by atoms with Crippen LogP contribution in [-0.2, 0) is 17.6 Å². The van der Waals surface area contributed by atoms with Gasteiger partial charge in [-0.25, -0.2) is 0 Å². The Morgan fingerprint density at radius 2 is 2.33 bits per heavy atom. The van der Waals surface area contributed by atoms with Crippen molar-refractivity contribution in [1.29, 1.82) is 0 Å². The van der Waals surface area contributed by atoms with Crippen LogP contribution in [0.4, 0.5) is 0 Å². The molecule has 0 spiro atoms. The monoisotopic (exact) mass is 252 g/mol. The molecule has 5 heteroatoms. The Bertz CT molecular complexity index is 450. The number of nitrogens with one attached hydrogen (secondary N) is 1. The molecule has 0 bridgehead atoms. The van der Waals surface area contributed by atoms with Crippen molar-refractivity contribution in [3.63, 3.8) is 0 Å². The molecule has 1 unspecified atom stereocenters. The number of aromatic amines is 1. The molecule has 1 fully saturated rings. The number of aromatic nitrogens is 2. The zero-order valence-electron chi connectivity index (χ0n) is 10.7. The second-order valence-corrected chi connectivity index (χ2v) is 4.76. The molecule has 100 valence electrons. The smallest absolute Gasteiger partial charge is 0.257 e. The predicted octanol–water partition coefficient (Wildman–Crippen LogP) is 1.54. The highest BCUT2D eigenvalue weighted by Crippen LogP contribution is 2.17. The van der Waals surface area contributed by atoms with Gasteiger partial charge in [0.25, 0.3) is 5.56 Å². The molecular weight excluding hydrogens is 232 g/mol. The first-order chi connectivity index (χ1) is 8.70. The van der Waals surface area contributed by atoms with E-state index in [0.29, 0.717) is 24.2 Å². The van der Waals surface area contributed by atoms with E-state index in [-0.39, 0.29) is 17.5 Å². The van der Waals surface area contributed by atoms with Crippen molar-refractivity contribution in [2.75, 3.05) is 6.61 Å². The van der Waals surface area contributed by atoms with E-state index in [0.717, 1.165) is 32.3 Å². The molecule has 1 aromatic heterocycles. The molecule has 2 rings (SSSR count). The van der Waals surface area contributed by atoms with Gasteiger partial charge in [-0.05, 0) is 25.7 Å². The first-order valence-electron chi connectivity index (χ1n) is 6.63. The lowest BCUT2D eigenvalue weighted by Crippen LogP contribution is -2.25. The van der Waals surface area contributed by atoms with Crippen molar-refractivity contribution in [2.45, 2.75) is 51.6 Å². The summed E-state index contributed by atoms with van der Waals surface area (Å²) in [6.45, 7) is 2.73. The second kappa shape index (κ2) is 6.00. The van der Waals surface area contributed by atoms with Crippen LogP contribution in [0.5, 0.6) is 5.88 Å². The van der Waals surface area contributed by atoms with Crippen LogP contribution in [0.2, 0.25) is 0 Å². The van der Waals surface area contributed by atoms with Crippen molar-refractivity contribution in [3.05, 3.63) is 21.7 Å². The summed E-state index contributed by atoms with van der Waals surface area (Å²) in [5, 5.41) is 9.76. The average molecular weight is 252 g/mol. The van der Waals surface area contributed by atoms with Crippen LogP contribution in [0.25, 0.3) is 0 Å². The molecule has 0 saturated carbocycles. The summed E-state index contributed by atoms with van der Waals surface area (Å²) in [5.41, 5.74) is 0.154. The maximum Gasteiger partial charge on any atom is 0.257 e. The van der Waals surface area contributed by atoms with E-state index in [1.807, 2.05) is 6.92 Å². The molecule has 1 aromatic rings. The fraction of sp³-hybridized carbons (Fsp3) is 0.692. The maximum absolute atomic E-state index is 11.8. The summed E-state index contributed by atoms with van der Waals surface area (Å²) in [6, 6.07) is 0. The fourth-order valence-corrected chi connectivity index (χ4v) is 2.29. The molecule has 0 aromatic carbocycles. The highest BCUT2D eigenvalue weighted by atomic mass is 16.5. The number of hydrogen-bond acceptors (Lipinski definition) is 4. The van der Waals surface area contributed by atoms with Crippen molar-refractivity contribution >= 4 is 0 Å². The Morgan fingerprint density at radius 1 is 1.50 bits per heavy atom. The van der Waals surface area contributed by atoms with Gasteiger partial charge in [0.05, 0.1) is 11.7 Å². The third kappa shape index (κ3) is 3.10. The van der Waals surface area contributed by atoms with Gasteiger partial charge in [-0.3, -0.25) is 4.79 Å². The van der Waals surface area contributed by atoms with Gasteiger partial charge in [0.2, 0.25) is 5.88 Å². The van der Waals surface area contributed by atoms with Crippen LogP contribution in [0.3, 0.4) is 0 Å². The predicted molar refractivity (Wildman–Crippen MR) is 67.8 cm³/mol. The van der Waals surface area contributed by atoms with Gasteiger partial charge < -0.3 is 14.8 Å². The van der Waals surface area contributed by atoms with Crippen LogP contribution >= 0.6 is 0 Å². The quantitative estimate of drug-likeness (QED) is 0.852. The molecular formula is C13H20N2O3. The molecule has 2 N–H and O–H groups in total. The minimum absolute atomic E-state index is 0.110. The SMILES string of the molecule is CCCc1c(O)nc(CC2CCCCO2)[nH]c1=O. The Morgan fingerprint density at radius 3 is 2.94 bits per heavy atom. The first-order valence-corrected chi connectivity index (χ1v) is 6.63. The number of ether oxygens (including phenoxy) is 1. The van der Waals surface area contributed by atoms with E-state index in [1.54, 1.807) is 0 Å². The Hall–Kier alpha value is -1.36. The molecule has 18 heavy (non-hydrogen) atoms. The lowest BCUT2D eigenvalue weighted by molar-refractivity contribution is 0.0155. The summed E-state index contributed by atoms with van der Waals surface area (Å²) >= 11 is 0. The summed E-state index contributed by atoms with van der Waals surface area (Å²) in [7, 11) is 0. The number of nitrogens with zero attached hydrogens (tertiary/aromatic N) is 1. The zero-order valence-corrected chi connectivity index (χ0v) is 10.7. The third-order valence-corrected chi connectivity index (χ3v) is 3.24. The lowest BCUT2D eigenvalue weighted by Gasteiger charge is -2.22. The first kappa shape index (κ1) is 13.1. The largest absolute Gasteiger partial charge is 0.493 e. The van der Waals surface area contributed by atoms with Crippen molar-refractivity contribution in [1.82, 2.24) is 9.97 Å². The highest BCUT2D eigenvalue weighted by Gasteiger charge is 2.17. The van der Waals surface area contributed by atoms with Crippen LogP contribution in [0.15, 0.2) is 4.79 Å². The van der Waals surface area contributed by atoms with Crippen molar-refractivity contribution < 1.29 is 9.84 Å². The highest BCUT2D eigenvalue weighted by molar-refractivity contribution is 5.22. The van der Waals surface area contributed by atoms with Gasteiger partial charge in [0.1, 0.15) is 5.82 Å². The normalized spacial score (nSPS) is 19.9. The summed E-state index contributed by atoms with van der Waals surface area (Å²) in [4.78, 5) is 18.6. The average Bonchev–Trinajstić information content (AvgIpc) is 2.35. The van der Waals surface area contributed by atoms with Gasteiger partial charge in [-0.15, -0.1) is 0 Å². The summed E-state index contributed by atoms with van der Waals surface area (Å²) in [6.07, 6.45) is 5.27. The zero-order chi connectivity index (χ0) is 13.0. The number of rotatable bonds is 4. The van der Waals surface area contributed by atoms with Gasteiger partial charge in [0.15, 0.2) is 0 Å². The van der Waals surface area contributed by atoms with Crippen LogP contribution in [0, 0.1) is 0 Å². The molecule has 1 aliphatic heterocycles. The van der Waals surface area contributed by atoms with E-state index < -0.39 is 0 Å². The van der Waals surface area contributed by atoms with E-state index in [4.69, 9.17) is 4.74 Å². The molecule has 1 aliphatic rings. The van der Waals surface area contributed by atoms with Crippen LogP contribution < -0.4 is 5.56 Å². The fourth-order valence-electron chi connectivity index (χ4n) is 2.29. The van der Waals surface area contributed by atoms with Crippen LogP contribution in [0.1, 0.15) is 44.0 Å². The van der Waals surface area contributed by atoms with Gasteiger partial charge >= 0.3 is 0 Å². The molecule has 1 atom stereocenters. The molecule has 0 radical (unpaired) electrons. The Kier molecular flexibility index (Phi) is 4.36. The van der Waals surface area contributed by atoms with Crippen molar-refractivity contribution in [2.24, 2.45) is 0 Å². The standard InChI is InChI=1S/C13H20N2O3/c1-2-5-10-12(16)14-11(15-13(10)17)8-9-6-3-4-7-18-9/h9H,2-8H2,1H3,(H2,14,15,16,17). The summed E-state index contributed by atoms with van der Waals surface area (Å²) in [5.74, 6) is 0.385. The molecule has 5 nitrogen and oxygen atoms in total. The lowest BCUT2D eigenvalue weighted by atomic mass is 10.1. The van der Waals surface area contributed by atoms with E-state index in [1.165, 1.54) is 0 Å². The topological polar surface area (TPSA) is 75.2 Å². The molecule has 0 amide bonds. The third-order valence-electron chi connectivity index (χ3n) is 3.24. The second-order valence-electron chi connectivity index (χ2n) is 4.76. The minimum Gasteiger partial charge on any atom is -0.493 e. The van der Waals surface area contributed by atoms with E-state index in [2.05, 4.69) is 9.97 Å². The van der Waals surface area contributed by atoms with Crippen molar-refractivity contribution in [3.8, 4) is 5.88 Å². The minimum atomic E-state index is -0.227. The Labute approximate surface area is 106 Å². The van der Waals surface area contributed by atoms with Gasteiger partial charge in [-0.1, -0.05) is 13.3 Å². The molecule has 1 saturated heterocycles. The molecule has 2 heterocycles. The number of hydrogen-bond donors (Lipinski definition) is 2. The van der Waals surface area contributed by atoms with E-state index in [9.17, 15) is 9.90 Å². The Balaban J connectivity index is 2.11. The van der Waals surface area contributed by atoms with Gasteiger partial charge in [0, 0.05) is 13.0 Å². The number of H-pyrrole nitrogens is 1. The summed E-state index contributed by atoms with van der Waals surface area (Å²) < 4.78 is 5.60.